The molecule has 0 aliphatic heterocycles. The van der Waals surface area contributed by atoms with Gasteiger partial charge in [0.2, 0.25) is 0 Å². The quantitative estimate of drug-likeness (QED) is 0.385. The van der Waals surface area contributed by atoms with E-state index in [0.29, 0.717) is 37.4 Å². The van der Waals surface area contributed by atoms with Crippen LogP contribution in [-0.2, 0) is 6.42 Å². The summed E-state index contributed by atoms with van der Waals surface area (Å²) in [6, 6.07) is 7.20. The molecule has 0 atom stereocenters. The van der Waals surface area contributed by atoms with Gasteiger partial charge in [-0.1, -0.05) is 24.9 Å². The van der Waals surface area contributed by atoms with Crippen LogP contribution in [0.15, 0.2) is 30.5 Å². The lowest BCUT2D eigenvalue weighted by Gasteiger charge is -2.09. The Balaban J connectivity index is 1.62. The van der Waals surface area contributed by atoms with Crippen LogP contribution in [-0.4, -0.2) is 48.0 Å². The van der Waals surface area contributed by atoms with Gasteiger partial charge in [-0.25, -0.2) is 4.98 Å². The fraction of sp³-hybridized carbons (Fsp3) is 0.429. The van der Waals surface area contributed by atoms with Crippen LogP contribution in [0.4, 0.5) is 0 Å². The normalized spacial score (nSPS) is 10.6. The number of amides is 2. The predicted molar refractivity (Wildman–Crippen MR) is 114 cm³/mol. The van der Waals surface area contributed by atoms with Gasteiger partial charge in [-0.05, 0) is 49.6 Å². The van der Waals surface area contributed by atoms with Crippen molar-refractivity contribution in [1.29, 1.82) is 0 Å². The van der Waals surface area contributed by atoms with Crippen LogP contribution >= 0.6 is 11.6 Å². The molecule has 2 rings (SSSR count). The molecule has 156 valence electrons. The summed E-state index contributed by atoms with van der Waals surface area (Å²) in [4.78, 5) is 32.5. The van der Waals surface area contributed by atoms with Gasteiger partial charge in [0.05, 0.1) is 5.56 Å². The third kappa shape index (κ3) is 7.79. The van der Waals surface area contributed by atoms with Gasteiger partial charge >= 0.3 is 0 Å². The van der Waals surface area contributed by atoms with Crippen molar-refractivity contribution < 1.29 is 9.59 Å². The van der Waals surface area contributed by atoms with Crippen molar-refractivity contribution in [2.75, 3.05) is 26.2 Å². The van der Waals surface area contributed by atoms with Crippen LogP contribution in [0.3, 0.4) is 0 Å². The van der Waals surface area contributed by atoms with Crippen LogP contribution in [0.5, 0.6) is 0 Å². The average Bonchev–Trinajstić information content (AvgIpc) is 2.71. The van der Waals surface area contributed by atoms with Crippen LogP contribution in [0.2, 0.25) is 5.15 Å². The number of nitrogens with one attached hydrogen (secondary N) is 3. The number of carbonyl (C=O) groups excluding carboxylic acids is 2. The SMILES string of the molecule is CCCCc1ccnc(C(=O)NCCNCCNC(=O)c2ccc(C)nc2Cl)c1. The molecule has 0 bridgehead atoms. The highest BCUT2D eigenvalue weighted by molar-refractivity contribution is 6.32. The molecule has 3 N–H and O–H groups in total. The third-order valence-corrected chi connectivity index (χ3v) is 4.57. The van der Waals surface area contributed by atoms with Crippen molar-refractivity contribution >= 4 is 23.4 Å². The molecule has 2 heterocycles. The van der Waals surface area contributed by atoms with Crippen LogP contribution in [0.25, 0.3) is 0 Å². The van der Waals surface area contributed by atoms with Gasteiger partial charge in [-0.3, -0.25) is 14.6 Å². The Morgan fingerprint density at radius 2 is 1.76 bits per heavy atom. The van der Waals surface area contributed by atoms with Gasteiger partial charge in [0.25, 0.3) is 11.8 Å². The van der Waals surface area contributed by atoms with E-state index in [-0.39, 0.29) is 17.0 Å². The highest BCUT2D eigenvalue weighted by Crippen LogP contribution is 2.13. The van der Waals surface area contributed by atoms with Crippen molar-refractivity contribution in [3.8, 4) is 0 Å². The molecule has 0 aromatic carbocycles. The molecule has 7 nitrogen and oxygen atoms in total. The summed E-state index contributed by atoms with van der Waals surface area (Å²) in [5.74, 6) is -0.438. The van der Waals surface area contributed by atoms with E-state index in [2.05, 4.69) is 32.8 Å². The molecule has 0 saturated heterocycles. The van der Waals surface area contributed by atoms with Gasteiger partial charge in [-0.15, -0.1) is 0 Å². The Kier molecular flexibility index (Phi) is 9.53. The summed E-state index contributed by atoms with van der Waals surface area (Å²) in [6.45, 7) is 6.03. The van der Waals surface area contributed by atoms with Crippen molar-refractivity contribution in [3.05, 3.63) is 58.1 Å². The maximum absolute atomic E-state index is 12.2. The summed E-state index contributed by atoms with van der Waals surface area (Å²) >= 11 is 5.99. The molecule has 2 aromatic heterocycles. The topological polar surface area (TPSA) is 96.0 Å². The number of unbranched alkanes of at least 4 members (excludes halogenated alkanes) is 1. The van der Waals surface area contributed by atoms with E-state index in [1.807, 2.05) is 19.1 Å². The van der Waals surface area contributed by atoms with Crippen LogP contribution < -0.4 is 16.0 Å². The first kappa shape index (κ1) is 22.8. The maximum Gasteiger partial charge on any atom is 0.269 e. The van der Waals surface area contributed by atoms with Gasteiger partial charge < -0.3 is 16.0 Å². The number of aryl methyl sites for hydroxylation is 2. The van der Waals surface area contributed by atoms with Crippen molar-refractivity contribution in [2.45, 2.75) is 33.1 Å². The smallest absolute Gasteiger partial charge is 0.269 e. The first-order valence-corrected chi connectivity index (χ1v) is 10.2. The lowest BCUT2D eigenvalue weighted by atomic mass is 10.1. The van der Waals surface area contributed by atoms with E-state index >= 15 is 0 Å². The second-order valence-corrected chi connectivity index (χ2v) is 7.06. The van der Waals surface area contributed by atoms with E-state index in [4.69, 9.17) is 11.6 Å². The molecule has 0 saturated carbocycles. The number of pyridine rings is 2. The van der Waals surface area contributed by atoms with E-state index in [0.717, 1.165) is 30.5 Å². The van der Waals surface area contributed by atoms with E-state index in [1.54, 1.807) is 18.3 Å². The highest BCUT2D eigenvalue weighted by atomic mass is 35.5. The Bertz CT molecular complexity index is 828. The molecule has 2 amide bonds. The first-order chi connectivity index (χ1) is 14.0. The number of halogens is 1. The summed E-state index contributed by atoms with van der Waals surface area (Å²) < 4.78 is 0. The Hall–Kier alpha value is -2.51. The molecule has 29 heavy (non-hydrogen) atoms. The third-order valence-electron chi connectivity index (χ3n) is 4.28. The summed E-state index contributed by atoms with van der Waals surface area (Å²) in [5, 5.41) is 8.99. The van der Waals surface area contributed by atoms with Gasteiger partial charge in [-0.2, -0.15) is 0 Å². The highest BCUT2D eigenvalue weighted by Gasteiger charge is 2.11. The zero-order valence-corrected chi connectivity index (χ0v) is 17.7. The molecule has 8 heteroatoms. The van der Waals surface area contributed by atoms with E-state index in [9.17, 15) is 9.59 Å². The minimum atomic E-state index is -0.258. The minimum Gasteiger partial charge on any atom is -0.351 e. The zero-order valence-electron chi connectivity index (χ0n) is 16.9. The first-order valence-electron chi connectivity index (χ1n) is 9.86. The number of hydrogen-bond donors (Lipinski definition) is 3. The number of carbonyl (C=O) groups is 2. The Morgan fingerprint density at radius 3 is 2.45 bits per heavy atom. The van der Waals surface area contributed by atoms with Crippen molar-refractivity contribution in [2.24, 2.45) is 0 Å². The fourth-order valence-corrected chi connectivity index (χ4v) is 2.95. The van der Waals surface area contributed by atoms with Crippen molar-refractivity contribution in [3.63, 3.8) is 0 Å². The molecular weight excluding hydrogens is 390 g/mol. The van der Waals surface area contributed by atoms with Gasteiger partial charge in [0, 0.05) is 38.1 Å². The molecule has 0 radical (unpaired) electrons. The average molecular weight is 418 g/mol. The van der Waals surface area contributed by atoms with Gasteiger partial charge in [0.15, 0.2) is 0 Å². The van der Waals surface area contributed by atoms with Crippen LogP contribution in [0.1, 0.15) is 51.9 Å². The summed E-state index contributed by atoms with van der Waals surface area (Å²) in [6.07, 6.45) is 4.84. The second-order valence-electron chi connectivity index (χ2n) is 6.71. The van der Waals surface area contributed by atoms with Crippen LogP contribution in [0, 0.1) is 6.92 Å². The van der Waals surface area contributed by atoms with Gasteiger partial charge in [0.1, 0.15) is 10.8 Å². The maximum atomic E-state index is 12.2. The number of nitrogens with zero attached hydrogens (tertiary/aromatic N) is 2. The van der Waals surface area contributed by atoms with E-state index in [1.165, 1.54) is 0 Å². The minimum absolute atomic E-state index is 0.181. The molecule has 2 aromatic rings. The number of rotatable bonds is 11. The summed E-state index contributed by atoms with van der Waals surface area (Å²) in [7, 11) is 0. The van der Waals surface area contributed by atoms with Crippen molar-refractivity contribution in [1.82, 2.24) is 25.9 Å². The molecule has 0 spiro atoms. The lowest BCUT2D eigenvalue weighted by Crippen LogP contribution is -2.36. The predicted octanol–water partition coefficient (Wildman–Crippen LogP) is 2.53. The lowest BCUT2D eigenvalue weighted by molar-refractivity contribution is 0.0945. The molecule has 0 fully saturated rings. The Morgan fingerprint density at radius 1 is 1.03 bits per heavy atom. The standard InChI is InChI=1S/C21H28ClN5O2/c1-3-4-5-16-8-9-24-18(14-16)21(29)26-13-11-23-10-12-25-20(28)17-7-6-15(2)27-19(17)22/h6-9,14,23H,3-5,10-13H2,1-2H3,(H,25,28)(H,26,29). The summed E-state index contributed by atoms with van der Waals surface area (Å²) in [5.41, 5.74) is 2.69. The number of aromatic nitrogens is 2. The largest absolute Gasteiger partial charge is 0.351 e. The Labute approximate surface area is 176 Å². The molecule has 0 unspecified atom stereocenters. The monoisotopic (exact) mass is 417 g/mol. The zero-order chi connectivity index (χ0) is 21.1. The second kappa shape index (κ2) is 12.1. The fourth-order valence-electron chi connectivity index (χ4n) is 2.67. The molecule has 0 aliphatic carbocycles. The molecular formula is C21H28ClN5O2. The number of hydrogen-bond acceptors (Lipinski definition) is 5. The van der Waals surface area contributed by atoms with E-state index < -0.39 is 0 Å². The molecule has 0 aliphatic rings.